The van der Waals surface area contributed by atoms with Crippen molar-refractivity contribution in [2.75, 3.05) is 0 Å². The Morgan fingerprint density at radius 2 is 2.23 bits per heavy atom. The highest BCUT2D eigenvalue weighted by atomic mass is 19.1. The van der Waals surface area contributed by atoms with Crippen molar-refractivity contribution in [3.63, 3.8) is 0 Å². The number of nitrogens with one attached hydrogen (secondary N) is 1. The summed E-state index contributed by atoms with van der Waals surface area (Å²) in [6.45, 7) is 1.81. The smallest absolute Gasteiger partial charge is 0.152 e. The van der Waals surface area contributed by atoms with Crippen molar-refractivity contribution in [3.05, 3.63) is 35.1 Å². The monoisotopic (exact) mass is 182 g/mol. The summed E-state index contributed by atoms with van der Waals surface area (Å²) in [7, 11) is 0. The van der Waals surface area contributed by atoms with Gasteiger partial charge in [0.1, 0.15) is 5.82 Å². The summed E-state index contributed by atoms with van der Waals surface area (Å²) in [6.07, 6.45) is 0. The number of halogens is 1. The van der Waals surface area contributed by atoms with Crippen LogP contribution in [0.4, 0.5) is 4.39 Å². The molecule has 0 bridgehead atoms. The minimum Gasteiger partial charge on any atom is -0.382 e. The van der Waals surface area contributed by atoms with Crippen LogP contribution in [-0.2, 0) is 0 Å². The van der Waals surface area contributed by atoms with Crippen molar-refractivity contribution in [2.45, 2.75) is 6.92 Å². The molecule has 1 aromatic carbocycles. The molecule has 0 heterocycles. The number of rotatable bonds is 2. The van der Waals surface area contributed by atoms with Gasteiger partial charge in [-0.15, -0.1) is 5.10 Å². The lowest BCUT2D eigenvalue weighted by Gasteiger charge is -2.04. The van der Waals surface area contributed by atoms with Crippen molar-refractivity contribution in [2.24, 2.45) is 16.7 Å². The Labute approximate surface area is 75.4 Å². The average Bonchev–Trinajstić information content (AvgIpc) is 2.09. The molecule has 1 rings (SSSR count). The summed E-state index contributed by atoms with van der Waals surface area (Å²) in [5, 5.41) is 3.55. The zero-order chi connectivity index (χ0) is 9.84. The molecule has 0 spiro atoms. The second-order valence-electron chi connectivity index (χ2n) is 2.59. The Morgan fingerprint density at radius 3 is 2.85 bits per heavy atom. The van der Waals surface area contributed by atoms with Gasteiger partial charge in [-0.25, -0.2) is 15.8 Å². The Morgan fingerprint density at radius 1 is 1.54 bits per heavy atom. The number of hydrogen-bond acceptors (Lipinski definition) is 3. The molecule has 0 aliphatic rings. The van der Waals surface area contributed by atoms with Gasteiger partial charge in [0.15, 0.2) is 5.84 Å². The third-order valence-electron chi connectivity index (χ3n) is 1.66. The number of hydrazine groups is 1. The molecule has 0 aliphatic carbocycles. The molecule has 1 aromatic rings. The molecular weight excluding hydrogens is 171 g/mol. The van der Waals surface area contributed by atoms with Crippen LogP contribution in [0, 0.1) is 12.7 Å². The van der Waals surface area contributed by atoms with Crippen LogP contribution in [0.25, 0.3) is 0 Å². The lowest BCUT2D eigenvalue weighted by molar-refractivity contribution is 0.627. The van der Waals surface area contributed by atoms with Crippen LogP contribution < -0.4 is 17.1 Å². The molecule has 70 valence electrons. The third-order valence-corrected chi connectivity index (χ3v) is 1.66. The first-order valence-corrected chi connectivity index (χ1v) is 3.70. The predicted molar refractivity (Wildman–Crippen MR) is 49.2 cm³/mol. The minimum absolute atomic E-state index is 0.166. The van der Waals surface area contributed by atoms with Gasteiger partial charge < -0.3 is 5.73 Å². The lowest BCUT2D eigenvalue weighted by Crippen LogP contribution is -2.23. The number of amidine groups is 1. The molecule has 0 saturated carbocycles. The maximum absolute atomic E-state index is 12.8. The topological polar surface area (TPSA) is 76.4 Å². The highest BCUT2D eigenvalue weighted by Crippen LogP contribution is 2.09. The van der Waals surface area contributed by atoms with Gasteiger partial charge in [-0.3, -0.25) is 0 Å². The van der Waals surface area contributed by atoms with Gasteiger partial charge in [0.2, 0.25) is 0 Å². The maximum Gasteiger partial charge on any atom is 0.152 e. The van der Waals surface area contributed by atoms with Gasteiger partial charge in [-0.1, -0.05) is 6.07 Å². The third kappa shape index (κ3) is 2.16. The molecule has 0 aromatic heterocycles. The normalized spacial score (nSPS) is 11.5. The van der Waals surface area contributed by atoms with Crippen molar-refractivity contribution in [3.8, 4) is 0 Å². The van der Waals surface area contributed by atoms with Crippen LogP contribution in [0.3, 0.4) is 0 Å². The maximum atomic E-state index is 12.8. The van der Waals surface area contributed by atoms with Crippen molar-refractivity contribution < 1.29 is 4.39 Å². The van der Waals surface area contributed by atoms with E-state index in [9.17, 15) is 4.39 Å². The average molecular weight is 182 g/mol. The van der Waals surface area contributed by atoms with Crippen LogP contribution >= 0.6 is 0 Å². The standard InChI is InChI=1S/C8H11FN4/c1-5-2-3-6(9)4-7(5)8(10)12-13-11/h2-4,13H,11H2,1H3,(H2,10,12). The van der Waals surface area contributed by atoms with Crippen LogP contribution in [0.5, 0.6) is 0 Å². The highest BCUT2D eigenvalue weighted by molar-refractivity contribution is 5.98. The predicted octanol–water partition coefficient (Wildman–Crippen LogP) is 0.218. The van der Waals surface area contributed by atoms with Gasteiger partial charge in [0, 0.05) is 5.56 Å². The van der Waals surface area contributed by atoms with E-state index in [4.69, 9.17) is 11.6 Å². The highest BCUT2D eigenvalue weighted by Gasteiger charge is 2.03. The van der Waals surface area contributed by atoms with E-state index in [0.717, 1.165) is 5.56 Å². The van der Waals surface area contributed by atoms with E-state index >= 15 is 0 Å². The summed E-state index contributed by atoms with van der Waals surface area (Å²) in [5.74, 6) is 4.76. The molecule has 0 amide bonds. The molecular formula is C8H11FN4. The molecule has 0 radical (unpaired) electrons. The Hall–Kier alpha value is -1.62. The molecule has 4 nitrogen and oxygen atoms in total. The Bertz CT molecular complexity index is 335. The summed E-state index contributed by atoms with van der Waals surface area (Å²) in [6, 6.07) is 4.30. The molecule has 5 heteroatoms. The zero-order valence-corrected chi connectivity index (χ0v) is 7.21. The van der Waals surface area contributed by atoms with Crippen LogP contribution in [0.1, 0.15) is 11.1 Å². The Balaban J connectivity index is 3.13. The van der Waals surface area contributed by atoms with Crippen LogP contribution in [-0.4, -0.2) is 5.84 Å². The molecule has 0 atom stereocenters. The van der Waals surface area contributed by atoms with Crippen molar-refractivity contribution in [1.82, 2.24) is 5.53 Å². The summed E-state index contributed by atoms with van der Waals surface area (Å²) < 4.78 is 12.8. The number of hydrogen-bond donors (Lipinski definition) is 3. The second-order valence-corrected chi connectivity index (χ2v) is 2.59. The van der Waals surface area contributed by atoms with Gasteiger partial charge in [0.05, 0.1) is 0 Å². The van der Waals surface area contributed by atoms with E-state index in [-0.39, 0.29) is 11.7 Å². The van der Waals surface area contributed by atoms with Crippen LogP contribution in [0.15, 0.2) is 23.3 Å². The van der Waals surface area contributed by atoms with E-state index < -0.39 is 0 Å². The Kier molecular flexibility index (Phi) is 2.81. The van der Waals surface area contributed by atoms with Gasteiger partial charge in [-0.2, -0.15) is 0 Å². The molecule has 0 unspecified atom stereocenters. The fourth-order valence-corrected chi connectivity index (χ4v) is 1.000. The van der Waals surface area contributed by atoms with E-state index in [1.807, 2.05) is 6.92 Å². The first kappa shape index (κ1) is 9.47. The molecule has 0 saturated heterocycles. The second kappa shape index (κ2) is 3.86. The van der Waals surface area contributed by atoms with Crippen molar-refractivity contribution in [1.29, 1.82) is 0 Å². The first-order valence-electron chi connectivity index (χ1n) is 3.70. The van der Waals surface area contributed by atoms with Gasteiger partial charge >= 0.3 is 0 Å². The van der Waals surface area contributed by atoms with Gasteiger partial charge in [-0.05, 0) is 24.6 Å². The summed E-state index contributed by atoms with van der Waals surface area (Å²) in [4.78, 5) is 0. The summed E-state index contributed by atoms with van der Waals surface area (Å²) in [5.41, 5.74) is 8.95. The zero-order valence-electron chi connectivity index (χ0n) is 7.21. The summed E-state index contributed by atoms with van der Waals surface area (Å²) >= 11 is 0. The number of nitrogens with zero attached hydrogens (tertiary/aromatic N) is 1. The first-order chi connectivity index (χ1) is 6.15. The quantitative estimate of drug-likeness (QED) is 0.265. The van der Waals surface area contributed by atoms with Crippen molar-refractivity contribution >= 4 is 5.84 Å². The van der Waals surface area contributed by atoms with E-state index in [2.05, 4.69) is 10.6 Å². The largest absolute Gasteiger partial charge is 0.382 e. The van der Waals surface area contributed by atoms with E-state index in [0.29, 0.717) is 5.56 Å². The lowest BCUT2D eigenvalue weighted by atomic mass is 10.1. The number of hydrazone groups is 1. The number of nitrogens with two attached hydrogens (primary N) is 2. The number of benzene rings is 1. The van der Waals surface area contributed by atoms with Crippen LogP contribution in [0.2, 0.25) is 0 Å². The van der Waals surface area contributed by atoms with E-state index in [1.54, 1.807) is 6.07 Å². The van der Waals surface area contributed by atoms with E-state index in [1.165, 1.54) is 12.1 Å². The minimum atomic E-state index is -0.351. The fraction of sp³-hybridized carbons (Fsp3) is 0.125. The number of aryl methyl sites for hydroxylation is 1. The molecule has 0 aliphatic heterocycles. The SMILES string of the molecule is Cc1ccc(F)cc1/C(N)=N/NN. The molecule has 13 heavy (non-hydrogen) atoms. The van der Waals surface area contributed by atoms with Gasteiger partial charge in [0.25, 0.3) is 0 Å². The molecule has 0 fully saturated rings. The molecule has 5 N–H and O–H groups in total. The fourth-order valence-electron chi connectivity index (χ4n) is 1.000.